The predicted molar refractivity (Wildman–Crippen MR) is 130 cm³/mol. The Labute approximate surface area is 205 Å². The largest absolute Gasteiger partial charge is 0.497 e. The first-order chi connectivity index (χ1) is 16.5. The zero-order valence-electron chi connectivity index (χ0n) is 20.8. The molecule has 1 unspecified atom stereocenters. The van der Waals surface area contributed by atoms with Crippen molar-refractivity contribution in [2.24, 2.45) is 11.7 Å². The molecule has 0 spiro atoms. The maximum absolute atomic E-state index is 13.0. The van der Waals surface area contributed by atoms with Crippen LogP contribution in [0.25, 0.3) is 0 Å². The van der Waals surface area contributed by atoms with E-state index in [4.69, 9.17) is 10.5 Å². The van der Waals surface area contributed by atoms with Crippen molar-refractivity contribution < 1.29 is 28.7 Å². The second-order valence-electron chi connectivity index (χ2n) is 9.27. The average Bonchev–Trinajstić information content (AvgIpc) is 3.10. The molecule has 4 amide bonds. The van der Waals surface area contributed by atoms with Crippen LogP contribution < -0.4 is 26.4 Å². The second-order valence-corrected chi connectivity index (χ2v) is 9.27. The third-order valence-corrected chi connectivity index (χ3v) is 5.87. The van der Waals surface area contributed by atoms with E-state index in [0.717, 1.165) is 5.56 Å². The maximum Gasteiger partial charge on any atom is 0.243 e. The van der Waals surface area contributed by atoms with Gasteiger partial charge in [-0.1, -0.05) is 27.2 Å². The standard InChI is InChI=1S/C25H36N4O6/c1-5-6-19(25(34)29-20(9-14(2)3)24(33)27-13-22(26)31)28-23(32)11-15-10-21(30)17-8-7-16(35-4)12-18(15)17/h7-8,12,14-15,19-20H,5-6,9-11,13H2,1-4H3,(H2,26,31)(H,27,33)(H,28,32)(H,29,34)/t15?,19-,20+/m0/s1. The molecule has 1 aromatic carbocycles. The first-order valence-corrected chi connectivity index (χ1v) is 11.9. The number of benzene rings is 1. The molecule has 1 aromatic rings. The number of rotatable bonds is 13. The van der Waals surface area contributed by atoms with Gasteiger partial charge in [0, 0.05) is 24.3 Å². The van der Waals surface area contributed by atoms with Crippen LogP contribution >= 0.6 is 0 Å². The minimum absolute atomic E-state index is 0.0261. The molecule has 0 aliphatic heterocycles. The molecule has 35 heavy (non-hydrogen) atoms. The zero-order valence-corrected chi connectivity index (χ0v) is 20.8. The Bertz CT molecular complexity index is 961. The Morgan fingerprint density at radius 3 is 2.43 bits per heavy atom. The van der Waals surface area contributed by atoms with Crippen molar-refractivity contribution in [3.8, 4) is 5.75 Å². The Morgan fingerprint density at radius 2 is 1.83 bits per heavy atom. The van der Waals surface area contributed by atoms with E-state index in [9.17, 15) is 24.0 Å². The summed E-state index contributed by atoms with van der Waals surface area (Å²) in [5.74, 6) is -1.66. The molecule has 5 N–H and O–H groups in total. The molecule has 0 saturated carbocycles. The van der Waals surface area contributed by atoms with Crippen LogP contribution in [0, 0.1) is 5.92 Å². The first kappa shape index (κ1) is 27.8. The van der Waals surface area contributed by atoms with Gasteiger partial charge >= 0.3 is 0 Å². The van der Waals surface area contributed by atoms with Gasteiger partial charge in [0.1, 0.15) is 17.8 Å². The smallest absolute Gasteiger partial charge is 0.243 e. The summed E-state index contributed by atoms with van der Waals surface area (Å²) < 4.78 is 5.25. The molecule has 0 fully saturated rings. The van der Waals surface area contributed by atoms with E-state index in [1.54, 1.807) is 18.2 Å². The van der Waals surface area contributed by atoms with E-state index in [0.29, 0.717) is 30.6 Å². The van der Waals surface area contributed by atoms with Gasteiger partial charge in [-0.05, 0) is 42.5 Å². The first-order valence-electron chi connectivity index (χ1n) is 11.9. The van der Waals surface area contributed by atoms with Crippen molar-refractivity contribution in [3.63, 3.8) is 0 Å². The molecule has 192 valence electrons. The van der Waals surface area contributed by atoms with Crippen LogP contribution in [0.2, 0.25) is 0 Å². The van der Waals surface area contributed by atoms with E-state index < -0.39 is 29.8 Å². The number of hydrogen-bond acceptors (Lipinski definition) is 6. The molecule has 0 heterocycles. The monoisotopic (exact) mass is 488 g/mol. The van der Waals surface area contributed by atoms with Crippen LogP contribution in [-0.4, -0.2) is 55.2 Å². The minimum atomic E-state index is -0.870. The molecular weight excluding hydrogens is 452 g/mol. The highest BCUT2D eigenvalue weighted by molar-refractivity contribution is 6.02. The van der Waals surface area contributed by atoms with Gasteiger partial charge in [-0.25, -0.2) is 0 Å². The number of hydrogen-bond donors (Lipinski definition) is 4. The normalized spacial score (nSPS) is 16.3. The van der Waals surface area contributed by atoms with Gasteiger partial charge in [-0.2, -0.15) is 0 Å². The highest BCUT2D eigenvalue weighted by atomic mass is 16.5. The Balaban J connectivity index is 2.06. The molecule has 0 radical (unpaired) electrons. The molecule has 10 heteroatoms. The number of fused-ring (bicyclic) bond motifs is 1. The quantitative estimate of drug-likeness (QED) is 0.326. The van der Waals surface area contributed by atoms with E-state index in [1.165, 1.54) is 7.11 Å². The Morgan fingerprint density at radius 1 is 1.11 bits per heavy atom. The lowest BCUT2D eigenvalue weighted by Crippen LogP contribution is -2.54. The van der Waals surface area contributed by atoms with Crippen LogP contribution in [0.5, 0.6) is 5.75 Å². The summed E-state index contributed by atoms with van der Waals surface area (Å²) in [5, 5.41) is 7.89. The molecular formula is C25H36N4O6. The molecule has 0 bridgehead atoms. The summed E-state index contributed by atoms with van der Waals surface area (Å²) in [6, 6.07) is 3.49. The number of ether oxygens (including phenoxy) is 1. The summed E-state index contributed by atoms with van der Waals surface area (Å²) >= 11 is 0. The molecule has 2 rings (SSSR count). The van der Waals surface area contributed by atoms with Gasteiger partial charge in [-0.15, -0.1) is 0 Å². The van der Waals surface area contributed by atoms with Crippen molar-refractivity contribution in [1.82, 2.24) is 16.0 Å². The van der Waals surface area contributed by atoms with Gasteiger partial charge in [-0.3, -0.25) is 24.0 Å². The number of ketones is 1. The van der Waals surface area contributed by atoms with E-state index in [2.05, 4.69) is 16.0 Å². The third kappa shape index (κ3) is 8.08. The van der Waals surface area contributed by atoms with Crippen molar-refractivity contribution in [1.29, 1.82) is 0 Å². The van der Waals surface area contributed by atoms with Crippen LogP contribution in [0.3, 0.4) is 0 Å². The summed E-state index contributed by atoms with van der Waals surface area (Å²) in [4.78, 5) is 61.7. The maximum atomic E-state index is 13.0. The van der Waals surface area contributed by atoms with E-state index in [-0.39, 0.29) is 42.9 Å². The highest BCUT2D eigenvalue weighted by Crippen LogP contribution is 2.37. The fraction of sp³-hybridized carbons (Fsp3) is 0.560. The number of Topliss-reactive ketones (excluding diaryl/α,β-unsaturated/α-hetero) is 1. The summed E-state index contributed by atoms with van der Waals surface area (Å²) in [6.45, 7) is 5.36. The second kappa shape index (κ2) is 12.9. The molecule has 1 aliphatic rings. The van der Waals surface area contributed by atoms with Gasteiger partial charge in [0.05, 0.1) is 13.7 Å². The van der Waals surface area contributed by atoms with Crippen molar-refractivity contribution in [3.05, 3.63) is 29.3 Å². The summed E-state index contributed by atoms with van der Waals surface area (Å²) in [6.07, 6.45) is 1.63. The zero-order chi connectivity index (χ0) is 26.1. The van der Waals surface area contributed by atoms with Crippen molar-refractivity contribution >= 4 is 29.4 Å². The third-order valence-electron chi connectivity index (χ3n) is 5.87. The average molecular weight is 489 g/mol. The number of carbonyl (C=O) groups excluding carboxylic acids is 5. The summed E-state index contributed by atoms with van der Waals surface area (Å²) in [7, 11) is 1.54. The fourth-order valence-corrected chi connectivity index (χ4v) is 4.19. The van der Waals surface area contributed by atoms with E-state index >= 15 is 0 Å². The van der Waals surface area contributed by atoms with Gasteiger partial charge in [0.2, 0.25) is 23.6 Å². The lowest BCUT2D eigenvalue weighted by molar-refractivity contribution is -0.133. The lowest BCUT2D eigenvalue weighted by Gasteiger charge is -2.24. The van der Waals surface area contributed by atoms with E-state index in [1.807, 2.05) is 20.8 Å². The van der Waals surface area contributed by atoms with Crippen LogP contribution in [0.1, 0.15) is 74.7 Å². The highest BCUT2D eigenvalue weighted by Gasteiger charge is 2.33. The fourth-order valence-electron chi connectivity index (χ4n) is 4.19. The van der Waals surface area contributed by atoms with Crippen molar-refractivity contribution in [2.45, 2.75) is 70.9 Å². The number of amides is 4. The Hall–Kier alpha value is -3.43. The number of nitrogens with one attached hydrogen (secondary N) is 3. The molecule has 0 aromatic heterocycles. The predicted octanol–water partition coefficient (Wildman–Crippen LogP) is 1.17. The number of primary amides is 1. The topological polar surface area (TPSA) is 157 Å². The molecule has 3 atom stereocenters. The molecule has 10 nitrogen and oxygen atoms in total. The number of nitrogens with two attached hydrogens (primary N) is 1. The van der Waals surface area contributed by atoms with Crippen LogP contribution in [0.4, 0.5) is 0 Å². The number of carbonyl (C=O) groups is 5. The van der Waals surface area contributed by atoms with Gasteiger partial charge in [0.25, 0.3) is 0 Å². The van der Waals surface area contributed by atoms with Gasteiger partial charge < -0.3 is 26.4 Å². The minimum Gasteiger partial charge on any atom is -0.497 e. The van der Waals surface area contributed by atoms with Crippen molar-refractivity contribution in [2.75, 3.05) is 13.7 Å². The molecule has 0 saturated heterocycles. The van der Waals surface area contributed by atoms with Gasteiger partial charge in [0.15, 0.2) is 5.78 Å². The SMILES string of the molecule is CCC[C@H](NC(=O)CC1CC(=O)c2ccc(OC)cc21)C(=O)N[C@H](CC(C)C)C(=O)NCC(N)=O. The molecule has 1 aliphatic carbocycles. The Kier molecular flexibility index (Phi) is 10.2. The number of methoxy groups -OCH3 is 1. The summed E-state index contributed by atoms with van der Waals surface area (Å²) in [5.41, 5.74) is 6.45. The van der Waals surface area contributed by atoms with Crippen LogP contribution in [0.15, 0.2) is 18.2 Å². The van der Waals surface area contributed by atoms with Crippen LogP contribution in [-0.2, 0) is 19.2 Å². The lowest BCUT2D eigenvalue weighted by atomic mass is 9.96.